The van der Waals surface area contributed by atoms with Crippen molar-refractivity contribution in [3.8, 4) is 0 Å². The van der Waals surface area contributed by atoms with Gasteiger partial charge in [0.15, 0.2) is 0 Å². The molecule has 0 spiro atoms. The van der Waals surface area contributed by atoms with Gasteiger partial charge in [0.1, 0.15) is 5.82 Å². The third-order valence-electron chi connectivity index (χ3n) is 3.11. The van der Waals surface area contributed by atoms with Gasteiger partial charge in [0, 0.05) is 30.2 Å². The first kappa shape index (κ1) is 10.9. The smallest absolute Gasteiger partial charge is 0.127 e. The minimum Gasteiger partial charge on any atom is -0.347 e. The number of aromatic amines is 1. The summed E-state index contributed by atoms with van der Waals surface area (Å²) in [6.07, 6.45) is 7.32. The molecule has 0 amide bonds. The molecule has 4 heteroatoms. The number of imidazole rings is 1. The van der Waals surface area contributed by atoms with Crippen LogP contribution in [0.2, 0.25) is 0 Å². The molecular weight excluding hydrogens is 224 g/mol. The van der Waals surface area contributed by atoms with Crippen molar-refractivity contribution in [2.24, 2.45) is 0 Å². The third-order valence-corrected chi connectivity index (χ3v) is 3.11. The number of fused-ring (bicyclic) bond motifs is 1. The fourth-order valence-electron chi connectivity index (χ4n) is 2.26. The van der Waals surface area contributed by atoms with Gasteiger partial charge >= 0.3 is 0 Å². The molecule has 0 aliphatic heterocycles. The molecule has 4 nitrogen and oxygen atoms in total. The molecule has 1 atom stereocenters. The van der Waals surface area contributed by atoms with Crippen LogP contribution in [0.3, 0.4) is 0 Å². The highest BCUT2D eigenvalue weighted by Gasteiger charge is 2.16. The SMILES string of the molecule is CNC(c1ncc[nH]1)c1cccc2ccncc12. The molecule has 0 saturated heterocycles. The predicted octanol–water partition coefficient (Wildman–Crippen LogP) is 2.27. The van der Waals surface area contributed by atoms with Crippen LogP contribution >= 0.6 is 0 Å². The van der Waals surface area contributed by atoms with E-state index in [-0.39, 0.29) is 6.04 Å². The number of hydrogen-bond donors (Lipinski definition) is 2. The molecule has 0 saturated carbocycles. The maximum Gasteiger partial charge on any atom is 0.127 e. The van der Waals surface area contributed by atoms with Crippen molar-refractivity contribution in [3.63, 3.8) is 0 Å². The largest absolute Gasteiger partial charge is 0.347 e. The Hall–Kier alpha value is -2.20. The lowest BCUT2D eigenvalue weighted by Crippen LogP contribution is -2.19. The van der Waals surface area contributed by atoms with E-state index >= 15 is 0 Å². The van der Waals surface area contributed by atoms with Crippen molar-refractivity contribution < 1.29 is 0 Å². The molecule has 90 valence electrons. The van der Waals surface area contributed by atoms with Crippen molar-refractivity contribution in [1.82, 2.24) is 20.3 Å². The Labute approximate surface area is 105 Å². The maximum atomic E-state index is 4.33. The van der Waals surface area contributed by atoms with Gasteiger partial charge in [-0.2, -0.15) is 0 Å². The van der Waals surface area contributed by atoms with E-state index in [9.17, 15) is 0 Å². The second-order valence-corrected chi connectivity index (χ2v) is 4.14. The van der Waals surface area contributed by atoms with Crippen LogP contribution in [0.5, 0.6) is 0 Å². The number of pyridine rings is 1. The van der Waals surface area contributed by atoms with Gasteiger partial charge in [-0.1, -0.05) is 18.2 Å². The molecule has 1 unspecified atom stereocenters. The van der Waals surface area contributed by atoms with Crippen LogP contribution in [0.4, 0.5) is 0 Å². The van der Waals surface area contributed by atoms with E-state index in [1.165, 1.54) is 10.9 Å². The van der Waals surface area contributed by atoms with Gasteiger partial charge in [0.2, 0.25) is 0 Å². The number of hydrogen-bond acceptors (Lipinski definition) is 3. The van der Waals surface area contributed by atoms with E-state index in [0.717, 1.165) is 11.2 Å². The summed E-state index contributed by atoms with van der Waals surface area (Å²) in [5, 5.41) is 5.63. The molecule has 2 N–H and O–H groups in total. The van der Waals surface area contributed by atoms with Crippen LogP contribution in [0.15, 0.2) is 49.1 Å². The molecule has 0 radical (unpaired) electrons. The first-order chi connectivity index (χ1) is 8.90. The zero-order chi connectivity index (χ0) is 12.4. The zero-order valence-corrected chi connectivity index (χ0v) is 10.1. The number of benzene rings is 1. The van der Waals surface area contributed by atoms with Crippen LogP contribution in [0.1, 0.15) is 17.4 Å². The number of aromatic nitrogens is 3. The summed E-state index contributed by atoms with van der Waals surface area (Å²) in [4.78, 5) is 11.7. The Morgan fingerprint density at radius 3 is 2.94 bits per heavy atom. The summed E-state index contributed by atoms with van der Waals surface area (Å²) in [5.41, 5.74) is 1.18. The second-order valence-electron chi connectivity index (χ2n) is 4.14. The number of H-pyrrole nitrogens is 1. The van der Waals surface area contributed by atoms with E-state index in [1.54, 1.807) is 6.20 Å². The van der Waals surface area contributed by atoms with Gasteiger partial charge in [-0.15, -0.1) is 0 Å². The highest BCUT2D eigenvalue weighted by Crippen LogP contribution is 2.26. The number of rotatable bonds is 3. The Morgan fingerprint density at radius 2 is 2.17 bits per heavy atom. The Kier molecular flexibility index (Phi) is 2.78. The Balaban J connectivity index is 2.18. The second kappa shape index (κ2) is 4.58. The Bertz CT molecular complexity index is 640. The molecule has 0 bridgehead atoms. The van der Waals surface area contributed by atoms with Crippen LogP contribution in [0.25, 0.3) is 10.8 Å². The molecular formula is C14H14N4. The van der Waals surface area contributed by atoms with E-state index < -0.39 is 0 Å². The first-order valence-electron chi connectivity index (χ1n) is 5.89. The molecule has 18 heavy (non-hydrogen) atoms. The van der Waals surface area contributed by atoms with Crippen molar-refractivity contribution >= 4 is 10.8 Å². The van der Waals surface area contributed by atoms with Crippen LogP contribution < -0.4 is 5.32 Å². The number of nitrogens with one attached hydrogen (secondary N) is 2. The van der Waals surface area contributed by atoms with Gasteiger partial charge in [0.05, 0.1) is 6.04 Å². The lowest BCUT2D eigenvalue weighted by atomic mass is 10.00. The average Bonchev–Trinajstić information content (AvgIpc) is 2.94. The standard InChI is InChI=1S/C14H14N4/c1-15-13(14-17-7-8-18-14)11-4-2-3-10-5-6-16-9-12(10)11/h2-9,13,15H,1H3,(H,17,18). The van der Waals surface area contributed by atoms with Crippen molar-refractivity contribution in [2.45, 2.75) is 6.04 Å². The molecule has 0 fully saturated rings. The normalized spacial score (nSPS) is 12.7. The molecule has 0 aliphatic rings. The van der Waals surface area contributed by atoms with Gasteiger partial charge in [0.25, 0.3) is 0 Å². The highest BCUT2D eigenvalue weighted by molar-refractivity contribution is 5.85. The lowest BCUT2D eigenvalue weighted by Gasteiger charge is -2.16. The fraction of sp³-hybridized carbons (Fsp3) is 0.143. The summed E-state index contributed by atoms with van der Waals surface area (Å²) in [5.74, 6) is 0.911. The predicted molar refractivity (Wildman–Crippen MR) is 71.2 cm³/mol. The third kappa shape index (κ3) is 1.76. The molecule has 0 aliphatic carbocycles. The first-order valence-corrected chi connectivity index (χ1v) is 5.89. The van der Waals surface area contributed by atoms with Crippen molar-refractivity contribution in [1.29, 1.82) is 0 Å². The summed E-state index contributed by atoms with van der Waals surface area (Å²) in [6.45, 7) is 0. The maximum absolute atomic E-state index is 4.33. The van der Waals surface area contributed by atoms with Gasteiger partial charge in [-0.3, -0.25) is 4.98 Å². The summed E-state index contributed by atoms with van der Waals surface area (Å²) >= 11 is 0. The monoisotopic (exact) mass is 238 g/mol. The summed E-state index contributed by atoms with van der Waals surface area (Å²) < 4.78 is 0. The zero-order valence-electron chi connectivity index (χ0n) is 10.1. The van der Waals surface area contributed by atoms with E-state index in [0.29, 0.717) is 0 Å². The molecule has 3 aromatic rings. The molecule has 2 aromatic heterocycles. The highest BCUT2D eigenvalue weighted by atomic mass is 15.0. The van der Waals surface area contributed by atoms with Crippen molar-refractivity contribution in [3.05, 3.63) is 60.4 Å². The summed E-state index contributed by atoms with van der Waals surface area (Å²) in [7, 11) is 1.93. The fourth-order valence-corrected chi connectivity index (χ4v) is 2.26. The minimum absolute atomic E-state index is 0.0490. The molecule has 2 heterocycles. The number of nitrogens with zero attached hydrogens (tertiary/aromatic N) is 2. The average molecular weight is 238 g/mol. The quantitative estimate of drug-likeness (QED) is 0.736. The molecule has 3 rings (SSSR count). The van der Waals surface area contributed by atoms with E-state index in [4.69, 9.17) is 0 Å². The van der Waals surface area contributed by atoms with E-state index in [2.05, 4.69) is 38.5 Å². The lowest BCUT2D eigenvalue weighted by molar-refractivity contribution is 0.659. The molecule has 1 aromatic carbocycles. The van der Waals surface area contributed by atoms with Gasteiger partial charge in [-0.05, 0) is 24.1 Å². The van der Waals surface area contributed by atoms with Crippen LogP contribution in [0, 0.1) is 0 Å². The summed E-state index contributed by atoms with van der Waals surface area (Å²) in [6, 6.07) is 8.33. The minimum atomic E-state index is 0.0490. The van der Waals surface area contributed by atoms with Crippen LogP contribution in [-0.4, -0.2) is 22.0 Å². The van der Waals surface area contributed by atoms with Crippen molar-refractivity contribution in [2.75, 3.05) is 7.05 Å². The van der Waals surface area contributed by atoms with Crippen LogP contribution in [-0.2, 0) is 0 Å². The van der Waals surface area contributed by atoms with Gasteiger partial charge in [-0.25, -0.2) is 4.98 Å². The van der Waals surface area contributed by atoms with E-state index in [1.807, 2.05) is 31.7 Å². The topological polar surface area (TPSA) is 53.6 Å². The van der Waals surface area contributed by atoms with Gasteiger partial charge < -0.3 is 10.3 Å². The Morgan fingerprint density at radius 1 is 1.22 bits per heavy atom.